The summed E-state index contributed by atoms with van der Waals surface area (Å²) in [5.41, 5.74) is 0. The van der Waals surface area contributed by atoms with Crippen LogP contribution in [0.5, 0.6) is 0 Å². The zero-order chi connectivity index (χ0) is 12.6. The van der Waals surface area contributed by atoms with Gasteiger partial charge in [-0.05, 0) is 6.92 Å². The van der Waals surface area contributed by atoms with Crippen molar-refractivity contribution in [2.24, 2.45) is 23.7 Å². The maximum Gasteiger partial charge on any atom is 0.309 e. The second-order valence-electron chi connectivity index (χ2n) is 4.55. The lowest BCUT2D eigenvalue weighted by Gasteiger charge is -2.49. The molecule has 2 rings (SSSR count). The molecular weight excluding hydrogens is 218 g/mol. The molecule has 1 aliphatic carbocycles. The number of ether oxygens (including phenoxy) is 1. The standard InChI is InChI=1S/C13H17NO3/c1-4-5-8-10-9(11(8)13(16)17-3)6-7-14(2)12(10)15/h4-11H,1-3H3/b5-4+/t8-,9-,10-,11+/m0/s1. The Bertz CT molecular complexity index is 399. The Balaban J connectivity index is 2.28. The molecule has 0 unspecified atom stereocenters. The van der Waals surface area contributed by atoms with Crippen LogP contribution in [-0.2, 0) is 14.3 Å². The number of rotatable bonds is 2. The van der Waals surface area contributed by atoms with E-state index < -0.39 is 0 Å². The largest absolute Gasteiger partial charge is 0.469 e. The molecule has 4 nitrogen and oxygen atoms in total. The van der Waals surface area contributed by atoms with E-state index in [1.807, 2.05) is 25.2 Å². The first kappa shape index (κ1) is 11.9. The SMILES string of the molecule is C/C=C/[C@H]1[C@@H]2C(=O)N(C)C=C[C@@H]2[C@@H]1C(=O)OC. The highest BCUT2D eigenvalue weighted by atomic mass is 16.5. The Kier molecular flexibility index (Phi) is 3.05. The van der Waals surface area contributed by atoms with Gasteiger partial charge >= 0.3 is 5.97 Å². The van der Waals surface area contributed by atoms with Crippen molar-refractivity contribution in [3.8, 4) is 0 Å². The third-order valence-electron chi connectivity index (χ3n) is 3.71. The maximum absolute atomic E-state index is 12.0. The summed E-state index contributed by atoms with van der Waals surface area (Å²) in [5, 5.41) is 0. The number of hydrogen-bond acceptors (Lipinski definition) is 3. The van der Waals surface area contributed by atoms with Crippen LogP contribution in [-0.4, -0.2) is 30.9 Å². The van der Waals surface area contributed by atoms with Crippen molar-refractivity contribution in [1.29, 1.82) is 0 Å². The normalized spacial score (nSPS) is 35.7. The van der Waals surface area contributed by atoms with Crippen molar-refractivity contribution < 1.29 is 14.3 Å². The van der Waals surface area contributed by atoms with Gasteiger partial charge in [-0.15, -0.1) is 0 Å². The number of amides is 1. The molecule has 2 aliphatic rings. The molecule has 0 spiro atoms. The van der Waals surface area contributed by atoms with Crippen LogP contribution in [0.25, 0.3) is 0 Å². The van der Waals surface area contributed by atoms with E-state index in [1.165, 1.54) is 7.11 Å². The predicted octanol–water partition coefficient (Wildman–Crippen LogP) is 1.20. The molecular formula is C13H17NO3. The third kappa shape index (κ3) is 1.68. The van der Waals surface area contributed by atoms with E-state index in [4.69, 9.17) is 4.74 Å². The quantitative estimate of drug-likeness (QED) is 0.533. The number of methoxy groups -OCH3 is 1. The van der Waals surface area contributed by atoms with Crippen molar-refractivity contribution >= 4 is 11.9 Å². The molecule has 0 aromatic heterocycles. The minimum Gasteiger partial charge on any atom is -0.469 e. The Morgan fingerprint density at radius 2 is 2.24 bits per heavy atom. The summed E-state index contributed by atoms with van der Waals surface area (Å²) >= 11 is 0. The number of fused-ring (bicyclic) bond motifs is 1. The fourth-order valence-electron chi connectivity index (χ4n) is 2.83. The van der Waals surface area contributed by atoms with E-state index >= 15 is 0 Å². The average Bonchev–Trinajstić information content (AvgIpc) is 2.30. The molecule has 1 fully saturated rings. The van der Waals surface area contributed by atoms with Crippen molar-refractivity contribution in [2.75, 3.05) is 14.2 Å². The second-order valence-corrected chi connectivity index (χ2v) is 4.55. The monoisotopic (exact) mass is 235 g/mol. The molecule has 0 saturated heterocycles. The molecule has 1 heterocycles. The van der Waals surface area contributed by atoms with E-state index in [0.717, 1.165) is 0 Å². The summed E-state index contributed by atoms with van der Waals surface area (Å²) in [5.74, 6) is -0.498. The fraction of sp³-hybridized carbons (Fsp3) is 0.538. The minimum absolute atomic E-state index is 0.00708. The van der Waals surface area contributed by atoms with Gasteiger partial charge in [0.15, 0.2) is 0 Å². The fourth-order valence-corrected chi connectivity index (χ4v) is 2.83. The Labute approximate surface area is 101 Å². The summed E-state index contributed by atoms with van der Waals surface area (Å²) in [7, 11) is 3.14. The van der Waals surface area contributed by atoms with Gasteiger partial charge in [0, 0.05) is 25.1 Å². The molecule has 0 aromatic rings. The van der Waals surface area contributed by atoms with Crippen LogP contribution < -0.4 is 0 Å². The molecule has 0 aromatic carbocycles. The molecule has 1 saturated carbocycles. The number of carbonyl (C=O) groups excluding carboxylic acids is 2. The van der Waals surface area contributed by atoms with Gasteiger partial charge in [-0.2, -0.15) is 0 Å². The molecule has 0 bridgehead atoms. The van der Waals surface area contributed by atoms with Crippen LogP contribution >= 0.6 is 0 Å². The van der Waals surface area contributed by atoms with Crippen LogP contribution in [0.1, 0.15) is 6.92 Å². The van der Waals surface area contributed by atoms with Gasteiger partial charge in [-0.3, -0.25) is 9.59 Å². The van der Waals surface area contributed by atoms with Crippen LogP contribution in [0.15, 0.2) is 24.4 Å². The van der Waals surface area contributed by atoms with E-state index in [2.05, 4.69) is 0 Å². The number of hydrogen-bond donors (Lipinski definition) is 0. The summed E-state index contributed by atoms with van der Waals surface area (Å²) in [6.45, 7) is 1.90. The van der Waals surface area contributed by atoms with Crippen molar-refractivity contribution in [3.05, 3.63) is 24.4 Å². The van der Waals surface area contributed by atoms with Crippen molar-refractivity contribution in [3.63, 3.8) is 0 Å². The topological polar surface area (TPSA) is 46.6 Å². The van der Waals surface area contributed by atoms with Crippen molar-refractivity contribution in [2.45, 2.75) is 6.92 Å². The van der Waals surface area contributed by atoms with Gasteiger partial charge in [-0.1, -0.05) is 18.2 Å². The van der Waals surface area contributed by atoms with Crippen LogP contribution in [0, 0.1) is 23.7 Å². The molecule has 0 radical (unpaired) electrons. The lowest BCUT2D eigenvalue weighted by Crippen LogP contribution is -2.57. The summed E-state index contributed by atoms with van der Waals surface area (Å²) in [4.78, 5) is 25.3. The van der Waals surface area contributed by atoms with E-state index in [0.29, 0.717) is 0 Å². The lowest BCUT2D eigenvalue weighted by atomic mass is 9.55. The summed E-state index contributed by atoms with van der Waals surface area (Å²) < 4.78 is 4.81. The summed E-state index contributed by atoms with van der Waals surface area (Å²) in [6, 6.07) is 0. The Morgan fingerprint density at radius 1 is 1.53 bits per heavy atom. The van der Waals surface area contributed by atoms with E-state index in [1.54, 1.807) is 18.1 Å². The highest BCUT2D eigenvalue weighted by Crippen LogP contribution is 2.50. The second kappa shape index (κ2) is 4.35. The molecule has 0 N–H and O–H groups in total. The third-order valence-corrected chi connectivity index (χ3v) is 3.71. The number of esters is 1. The summed E-state index contributed by atoms with van der Waals surface area (Å²) in [6.07, 6.45) is 7.51. The molecule has 1 aliphatic heterocycles. The van der Waals surface area contributed by atoms with Gasteiger partial charge in [0.1, 0.15) is 0 Å². The molecule has 1 amide bonds. The molecule has 4 heteroatoms. The van der Waals surface area contributed by atoms with E-state index in [9.17, 15) is 9.59 Å². The smallest absolute Gasteiger partial charge is 0.309 e. The number of allylic oxidation sites excluding steroid dienone is 3. The molecule has 92 valence electrons. The average molecular weight is 235 g/mol. The highest BCUT2D eigenvalue weighted by Gasteiger charge is 2.57. The van der Waals surface area contributed by atoms with E-state index in [-0.39, 0.29) is 35.5 Å². The van der Waals surface area contributed by atoms with Gasteiger partial charge in [0.25, 0.3) is 0 Å². The van der Waals surface area contributed by atoms with Gasteiger partial charge in [0.2, 0.25) is 5.91 Å². The molecule has 4 atom stereocenters. The predicted molar refractivity (Wildman–Crippen MR) is 62.7 cm³/mol. The van der Waals surface area contributed by atoms with Gasteiger partial charge in [-0.25, -0.2) is 0 Å². The van der Waals surface area contributed by atoms with Crippen LogP contribution in [0.4, 0.5) is 0 Å². The van der Waals surface area contributed by atoms with Gasteiger partial charge in [0.05, 0.1) is 18.9 Å². The Morgan fingerprint density at radius 3 is 2.82 bits per heavy atom. The minimum atomic E-state index is -0.226. The Hall–Kier alpha value is -1.58. The van der Waals surface area contributed by atoms with Crippen LogP contribution in [0.3, 0.4) is 0 Å². The number of nitrogens with zero attached hydrogens (tertiary/aromatic N) is 1. The first-order chi connectivity index (χ1) is 8.11. The number of carbonyl (C=O) groups is 2. The van der Waals surface area contributed by atoms with Crippen LogP contribution in [0.2, 0.25) is 0 Å². The first-order valence-corrected chi connectivity index (χ1v) is 5.77. The van der Waals surface area contributed by atoms with Crippen molar-refractivity contribution in [1.82, 2.24) is 4.90 Å². The highest BCUT2D eigenvalue weighted by molar-refractivity contribution is 5.87. The lowest BCUT2D eigenvalue weighted by molar-refractivity contribution is -0.163. The zero-order valence-electron chi connectivity index (χ0n) is 10.3. The molecule has 17 heavy (non-hydrogen) atoms. The first-order valence-electron chi connectivity index (χ1n) is 5.77. The van der Waals surface area contributed by atoms with Gasteiger partial charge < -0.3 is 9.64 Å². The maximum atomic E-state index is 12.0. The zero-order valence-corrected chi connectivity index (χ0v) is 10.3.